The van der Waals surface area contributed by atoms with Crippen molar-refractivity contribution in [1.29, 1.82) is 0 Å². The van der Waals surface area contributed by atoms with Gasteiger partial charge in [-0.15, -0.1) is 0 Å². The molecule has 20 heavy (non-hydrogen) atoms. The molecule has 0 radical (unpaired) electrons. The summed E-state index contributed by atoms with van der Waals surface area (Å²) in [4.78, 5) is 10.7. The highest BCUT2D eigenvalue weighted by atomic mass is 79.9. The minimum Gasteiger partial charge on any atom is -0.372 e. The molecule has 0 spiro atoms. The van der Waals surface area contributed by atoms with Crippen molar-refractivity contribution in [3.8, 4) is 0 Å². The van der Waals surface area contributed by atoms with Crippen LogP contribution in [0.3, 0.4) is 0 Å². The second-order valence-corrected chi connectivity index (χ2v) is 5.76. The van der Waals surface area contributed by atoms with Gasteiger partial charge < -0.3 is 10.2 Å². The summed E-state index contributed by atoms with van der Waals surface area (Å²) in [5.41, 5.74) is 2.34. The summed E-state index contributed by atoms with van der Waals surface area (Å²) in [7, 11) is 0. The van der Waals surface area contributed by atoms with Crippen molar-refractivity contribution in [3.05, 3.63) is 41.3 Å². The lowest BCUT2D eigenvalue weighted by atomic mass is 10.1. The first-order chi connectivity index (χ1) is 9.81. The van der Waals surface area contributed by atoms with E-state index in [9.17, 15) is 0 Å². The maximum absolute atomic E-state index is 4.18. The fourth-order valence-corrected chi connectivity index (χ4v) is 2.77. The van der Waals surface area contributed by atoms with Crippen molar-refractivity contribution >= 4 is 33.1 Å². The van der Waals surface area contributed by atoms with Gasteiger partial charge in [-0.3, -0.25) is 0 Å². The lowest BCUT2D eigenvalue weighted by Gasteiger charge is -2.28. The van der Waals surface area contributed by atoms with Crippen LogP contribution in [0.4, 0.5) is 17.2 Å². The van der Waals surface area contributed by atoms with Gasteiger partial charge in [-0.2, -0.15) is 0 Å². The molecule has 1 N–H and O–H groups in total. The van der Waals surface area contributed by atoms with E-state index in [4.69, 9.17) is 0 Å². The Morgan fingerprint density at radius 2 is 1.75 bits per heavy atom. The quantitative estimate of drug-likeness (QED) is 0.863. The van der Waals surface area contributed by atoms with Gasteiger partial charge in [0.2, 0.25) is 0 Å². The van der Waals surface area contributed by atoms with E-state index in [1.165, 1.54) is 44.4 Å². The molecule has 4 nitrogen and oxygen atoms in total. The van der Waals surface area contributed by atoms with Crippen LogP contribution in [0.1, 0.15) is 19.3 Å². The highest BCUT2D eigenvalue weighted by Gasteiger charge is 2.10. The van der Waals surface area contributed by atoms with E-state index < -0.39 is 0 Å². The predicted molar refractivity (Wildman–Crippen MR) is 85.5 cm³/mol. The lowest BCUT2D eigenvalue weighted by Crippen LogP contribution is -2.29. The Morgan fingerprint density at radius 1 is 1.00 bits per heavy atom. The minimum atomic E-state index is 0.778. The van der Waals surface area contributed by atoms with Crippen LogP contribution in [0.15, 0.2) is 41.3 Å². The van der Waals surface area contributed by atoms with Gasteiger partial charge >= 0.3 is 0 Å². The molecule has 0 atom stereocenters. The molecule has 0 amide bonds. The number of anilines is 3. The monoisotopic (exact) mass is 332 g/mol. The first kappa shape index (κ1) is 13.4. The Kier molecular flexibility index (Phi) is 4.16. The molecule has 104 valence electrons. The molecule has 1 aliphatic rings. The summed E-state index contributed by atoms with van der Waals surface area (Å²) in [5.74, 6) is 0.789. The molecule has 5 heteroatoms. The second-order valence-electron chi connectivity index (χ2n) is 4.95. The SMILES string of the molecule is Brc1cc(Nc2ccc(N3CCCCC3)cc2)ncn1. The van der Waals surface area contributed by atoms with Crippen molar-refractivity contribution in [2.24, 2.45) is 0 Å². The third-order valence-corrected chi connectivity index (χ3v) is 3.93. The number of rotatable bonds is 3. The van der Waals surface area contributed by atoms with Gasteiger partial charge in [0.1, 0.15) is 16.7 Å². The minimum absolute atomic E-state index is 0.778. The van der Waals surface area contributed by atoms with Crippen molar-refractivity contribution < 1.29 is 0 Å². The van der Waals surface area contributed by atoms with Crippen LogP contribution in [-0.2, 0) is 0 Å². The maximum atomic E-state index is 4.18. The molecule has 1 aliphatic heterocycles. The number of piperidine rings is 1. The largest absolute Gasteiger partial charge is 0.372 e. The zero-order chi connectivity index (χ0) is 13.8. The number of hydrogen-bond donors (Lipinski definition) is 1. The molecule has 2 heterocycles. The van der Waals surface area contributed by atoms with Gasteiger partial charge in [-0.05, 0) is 59.5 Å². The third-order valence-electron chi connectivity index (χ3n) is 3.49. The Hall–Kier alpha value is -1.62. The van der Waals surface area contributed by atoms with Crippen LogP contribution in [0.5, 0.6) is 0 Å². The smallest absolute Gasteiger partial charge is 0.134 e. The summed E-state index contributed by atoms with van der Waals surface area (Å²) in [6, 6.07) is 10.4. The predicted octanol–water partition coefficient (Wildman–Crippen LogP) is 3.97. The normalized spacial score (nSPS) is 15.2. The first-order valence-electron chi connectivity index (χ1n) is 6.91. The molecule has 1 saturated heterocycles. The molecule has 0 saturated carbocycles. The summed E-state index contributed by atoms with van der Waals surface area (Å²) in [5, 5.41) is 3.28. The number of benzene rings is 1. The van der Waals surface area contributed by atoms with Gasteiger partial charge in [0.25, 0.3) is 0 Å². The fraction of sp³-hybridized carbons (Fsp3) is 0.333. The number of nitrogens with one attached hydrogen (secondary N) is 1. The van der Waals surface area contributed by atoms with Crippen LogP contribution in [0.25, 0.3) is 0 Å². The summed E-state index contributed by atoms with van der Waals surface area (Å²) in [6.07, 6.45) is 5.50. The van der Waals surface area contributed by atoms with Crippen LogP contribution >= 0.6 is 15.9 Å². The molecule has 2 aromatic rings. The zero-order valence-corrected chi connectivity index (χ0v) is 12.8. The van der Waals surface area contributed by atoms with Crippen LogP contribution in [0, 0.1) is 0 Å². The van der Waals surface area contributed by atoms with E-state index in [0.29, 0.717) is 0 Å². The van der Waals surface area contributed by atoms with Crippen LogP contribution < -0.4 is 10.2 Å². The van der Waals surface area contributed by atoms with Gasteiger partial charge in [0.05, 0.1) is 0 Å². The van der Waals surface area contributed by atoms with Crippen molar-refractivity contribution in [3.63, 3.8) is 0 Å². The molecule has 1 aromatic carbocycles. The summed E-state index contributed by atoms with van der Waals surface area (Å²) >= 11 is 3.34. The third kappa shape index (κ3) is 3.28. The molecule has 1 aromatic heterocycles. The average molecular weight is 333 g/mol. The second kappa shape index (κ2) is 6.22. The molecule has 0 aliphatic carbocycles. The Morgan fingerprint density at radius 3 is 2.45 bits per heavy atom. The molecule has 0 unspecified atom stereocenters. The van der Waals surface area contributed by atoms with Gasteiger partial charge in [0.15, 0.2) is 0 Å². The van der Waals surface area contributed by atoms with E-state index in [1.54, 1.807) is 0 Å². The Labute approximate surface area is 127 Å². The number of halogens is 1. The topological polar surface area (TPSA) is 41.0 Å². The highest BCUT2D eigenvalue weighted by molar-refractivity contribution is 9.10. The average Bonchev–Trinajstić information content (AvgIpc) is 2.49. The van der Waals surface area contributed by atoms with Crippen LogP contribution in [-0.4, -0.2) is 23.1 Å². The lowest BCUT2D eigenvalue weighted by molar-refractivity contribution is 0.578. The molecular formula is C15H17BrN4. The highest BCUT2D eigenvalue weighted by Crippen LogP contribution is 2.23. The van der Waals surface area contributed by atoms with Crippen molar-refractivity contribution in [1.82, 2.24) is 9.97 Å². The van der Waals surface area contributed by atoms with E-state index in [2.05, 4.69) is 60.4 Å². The van der Waals surface area contributed by atoms with Crippen molar-refractivity contribution in [2.45, 2.75) is 19.3 Å². The van der Waals surface area contributed by atoms with E-state index in [-0.39, 0.29) is 0 Å². The molecular weight excluding hydrogens is 316 g/mol. The zero-order valence-electron chi connectivity index (χ0n) is 11.2. The van der Waals surface area contributed by atoms with Crippen molar-refractivity contribution in [2.75, 3.05) is 23.3 Å². The van der Waals surface area contributed by atoms with Gasteiger partial charge in [-0.25, -0.2) is 9.97 Å². The number of nitrogens with zero attached hydrogens (tertiary/aromatic N) is 3. The number of aromatic nitrogens is 2. The number of hydrogen-bond acceptors (Lipinski definition) is 4. The van der Waals surface area contributed by atoms with Gasteiger partial charge in [0, 0.05) is 30.5 Å². The summed E-state index contributed by atoms with van der Waals surface area (Å²) in [6.45, 7) is 2.34. The molecule has 0 bridgehead atoms. The first-order valence-corrected chi connectivity index (χ1v) is 7.70. The summed E-state index contributed by atoms with van der Waals surface area (Å²) < 4.78 is 0.778. The Balaban J connectivity index is 1.69. The maximum Gasteiger partial charge on any atom is 0.134 e. The van der Waals surface area contributed by atoms with Crippen LogP contribution in [0.2, 0.25) is 0 Å². The fourth-order valence-electron chi connectivity index (χ4n) is 2.46. The van der Waals surface area contributed by atoms with E-state index in [1.807, 2.05) is 6.07 Å². The molecule has 3 rings (SSSR count). The molecule has 1 fully saturated rings. The van der Waals surface area contributed by atoms with E-state index >= 15 is 0 Å². The standard InChI is InChI=1S/C15H17BrN4/c16-14-10-15(18-11-17-14)19-12-4-6-13(7-5-12)20-8-2-1-3-9-20/h4-7,10-11H,1-3,8-9H2,(H,17,18,19). The van der Waals surface area contributed by atoms with Gasteiger partial charge in [-0.1, -0.05) is 0 Å². The Bertz CT molecular complexity index is 564. The van der Waals surface area contributed by atoms with E-state index in [0.717, 1.165) is 16.1 Å².